The summed E-state index contributed by atoms with van der Waals surface area (Å²) in [7, 11) is -11.1. The van der Waals surface area contributed by atoms with Crippen LogP contribution in [0.2, 0.25) is 5.02 Å². The molecule has 1 aromatic heterocycles. The van der Waals surface area contributed by atoms with E-state index >= 15 is 0 Å². The third kappa shape index (κ3) is 21.5. The number of sulfone groups is 1. The van der Waals surface area contributed by atoms with Gasteiger partial charge in [0, 0.05) is 124 Å². The Balaban J connectivity index is 0.690. The van der Waals surface area contributed by atoms with E-state index in [1.807, 2.05) is 106 Å². The van der Waals surface area contributed by atoms with Crippen molar-refractivity contribution in [3.8, 4) is 10.4 Å². The SMILES string of the molecule is Cc1ncsc1-c1ccc([C@H](C)NC(=O)[C@@H]2C[C@@H](O)CN2C(=O)[C@@H](NC(=O)CCCCCC(=O)N2CCN(CC[C@H](CSc3ccccc3)Nc3ccc(S(=O)(=O)NC(=O)c4ccc(N5CCN(C/C6=C(\c7ccc(Cl)cc7)CCCCCC6)CC5)cc4)cc3S(=O)(=O)C(F)(F)F)CC2)C(C)(C)C)cc1. The van der Waals surface area contributed by atoms with E-state index in [4.69, 9.17) is 11.6 Å². The van der Waals surface area contributed by atoms with Crippen LogP contribution >= 0.6 is 34.7 Å². The van der Waals surface area contributed by atoms with Crippen LogP contribution in [0.3, 0.4) is 0 Å². The van der Waals surface area contributed by atoms with E-state index in [0.717, 1.165) is 89.7 Å². The van der Waals surface area contributed by atoms with Crippen LogP contribution < -0.4 is 25.6 Å². The highest BCUT2D eigenvalue weighted by Crippen LogP contribution is 2.39. The van der Waals surface area contributed by atoms with Gasteiger partial charge in [0.1, 0.15) is 17.0 Å². The van der Waals surface area contributed by atoms with Crippen LogP contribution in [0.4, 0.5) is 24.5 Å². The van der Waals surface area contributed by atoms with Crippen molar-refractivity contribution < 1.29 is 59.1 Å². The molecule has 0 unspecified atom stereocenters. The smallest absolute Gasteiger partial charge is 0.391 e. The molecule has 0 radical (unpaired) electrons. The molecule has 1 aliphatic carbocycles. The van der Waals surface area contributed by atoms with Gasteiger partial charge < -0.3 is 35.8 Å². The van der Waals surface area contributed by atoms with Crippen LogP contribution in [-0.4, -0.2) is 184 Å². The number of rotatable bonds is 28. The number of likely N-dealkylation sites (tertiary alicyclic amines) is 1. The average molecular weight is 1540 g/mol. The fraction of sp³-hybridized carbons (Fsp3) is 0.481. The molecule has 3 saturated heterocycles. The zero-order valence-corrected chi connectivity index (χ0v) is 64.2. The second-order valence-electron chi connectivity index (χ2n) is 28.8. The molecule has 566 valence electrons. The quantitative estimate of drug-likeness (QED) is 0.0226. The lowest BCUT2D eigenvalue weighted by atomic mass is 9.85. The number of thioether (sulfide) groups is 1. The normalized spacial score (nSPS) is 19.1. The van der Waals surface area contributed by atoms with Crippen molar-refractivity contribution >= 4 is 101 Å². The molecule has 3 fully saturated rings. The maximum absolute atomic E-state index is 14.6. The van der Waals surface area contributed by atoms with E-state index in [2.05, 4.69) is 47.8 Å². The van der Waals surface area contributed by atoms with Gasteiger partial charge in [-0.1, -0.05) is 112 Å². The van der Waals surface area contributed by atoms with Crippen molar-refractivity contribution in [2.45, 2.75) is 169 Å². The Morgan fingerprint density at radius 3 is 2.07 bits per heavy atom. The molecular weight excluding hydrogens is 1450 g/mol. The number of β-amino-alcohol motifs (C(OH)–C–C–N with tert-alkyl or cyclic N) is 1. The van der Waals surface area contributed by atoms with Crippen molar-refractivity contribution in [1.82, 2.24) is 39.9 Å². The Kier molecular flexibility index (Phi) is 27.5. The summed E-state index contributed by atoms with van der Waals surface area (Å²) in [5.74, 6) is -2.10. The number of aromatic nitrogens is 1. The van der Waals surface area contributed by atoms with Gasteiger partial charge >= 0.3 is 5.51 Å². The van der Waals surface area contributed by atoms with Crippen LogP contribution in [0.5, 0.6) is 0 Å². The molecule has 0 spiro atoms. The summed E-state index contributed by atoms with van der Waals surface area (Å²) in [6.07, 6.45) is 8.03. The lowest BCUT2D eigenvalue weighted by Crippen LogP contribution is -2.57. The van der Waals surface area contributed by atoms with Crippen LogP contribution in [-0.2, 0) is 39.0 Å². The number of halogens is 4. The van der Waals surface area contributed by atoms with Crippen LogP contribution in [0.25, 0.3) is 16.0 Å². The zero-order valence-electron chi connectivity index (χ0n) is 60.1. The van der Waals surface area contributed by atoms with Gasteiger partial charge in [0.2, 0.25) is 23.6 Å². The number of alkyl halides is 3. The van der Waals surface area contributed by atoms with E-state index in [1.165, 1.54) is 58.3 Å². The van der Waals surface area contributed by atoms with E-state index in [1.54, 1.807) is 33.9 Å². The number of aliphatic hydroxyl groups excluding tert-OH is 1. The van der Waals surface area contributed by atoms with Crippen molar-refractivity contribution in [2.75, 3.05) is 88.0 Å². The van der Waals surface area contributed by atoms with E-state index in [-0.39, 0.29) is 48.9 Å². The van der Waals surface area contributed by atoms with Gasteiger partial charge in [0.25, 0.3) is 25.8 Å². The molecule has 4 aliphatic rings. The number of piperazine rings is 2. The number of unbranched alkanes of at least 4 members (excludes halogenated alkanes) is 2. The molecule has 28 heteroatoms. The van der Waals surface area contributed by atoms with Gasteiger partial charge in [-0.2, -0.15) is 13.2 Å². The largest absolute Gasteiger partial charge is 0.501 e. The first-order chi connectivity index (χ1) is 50.0. The minimum atomic E-state index is -6.18. The number of amides is 5. The minimum absolute atomic E-state index is 0.0381. The highest BCUT2D eigenvalue weighted by molar-refractivity contribution is 7.99. The third-order valence-electron chi connectivity index (χ3n) is 20.1. The Morgan fingerprint density at radius 1 is 0.752 bits per heavy atom. The number of nitrogens with one attached hydrogen (secondary N) is 4. The van der Waals surface area contributed by atoms with Crippen LogP contribution in [0.1, 0.15) is 144 Å². The Labute approximate surface area is 628 Å². The third-order valence-corrected chi connectivity index (χ3v) is 25.3. The summed E-state index contributed by atoms with van der Waals surface area (Å²) in [6, 6.07) is 30.9. The fourth-order valence-corrected chi connectivity index (χ4v) is 17.9. The Morgan fingerprint density at radius 2 is 1.41 bits per heavy atom. The molecule has 5 aromatic carbocycles. The number of benzene rings is 5. The van der Waals surface area contributed by atoms with Crippen LogP contribution in [0, 0.1) is 12.3 Å². The van der Waals surface area contributed by atoms with Crippen molar-refractivity contribution in [2.24, 2.45) is 5.41 Å². The zero-order chi connectivity index (χ0) is 75.2. The number of thiazole rings is 1. The van der Waals surface area contributed by atoms with Gasteiger partial charge in [-0.05, 0) is 153 Å². The van der Waals surface area contributed by atoms with Crippen molar-refractivity contribution in [1.29, 1.82) is 0 Å². The molecule has 20 nitrogen and oxygen atoms in total. The monoisotopic (exact) mass is 1540 g/mol. The molecule has 0 saturated carbocycles. The molecule has 3 aliphatic heterocycles. The van der Waals surface area contributed by atoms with Gasteiger partial charge in [-0.25, -0.2) is 26.5 Å². The number of hydrogen-bond acceptors (Lipinski definition) is 17. The molecule has 5 amide bonds. The van der Waals surface area contributed by atoms with E-state index in [9.17, 15) is 59.1 Å². The maximum Gasteiger partial charge on any atom is 0.501 e. The van der Waals surface area contributed by atoms with E-state index < -0.39 is 94.3 Å². The summed E-state index contributed by atoms with van der Waals surface area (Å²) in [5, 5.41) is 20.4. The molecular formula is C77H96ClF3N10O10S4. The molecule has 10 rings (SSSR count). The number of anilines is 2. The Bertz CT molecular complexity index is 4250. The molecule has 105 heavy (non-hydrogen) atoms. The maximum atomic E-state index is 14.6. The number of hydrogen-bond donors (Lipinski definition) is 5. The lowest BCUT2D eigenvalue weighted by Gasteiger charge is -2.37. The second kappa shape index (κ2) is 36.0. The average Bonchev–Trinajstić information content (AvgIpc) is 1.05. The fourth-order valence-electron chi connectivity index (χ4n) is 14.0. The minimum Gasteiger partial charge on any atom is -0.391 e. The number of carbonyl (C=O) groups excluding carboxylic acids is 5. The van der Waals surface area contributed by atoms with Crippen molar-refractivity contribution in [3.05, 3.63) is 160 Å². The first kappa shape index (κ1) is 80.2. The number of aryl methyl sites for hydroxylation is 1. The molecule has 5 atom stereocenters. The van der Waals surface area contributed by atoms with Gasteiger partial charge in [-0.15, -0.1) is 23.1 Å². The summed E-state index contributed by atoms with van der Waals surface area (Å²) in [5.41, 5.74) is 2.42. The number of allylic oxidation sites excluding steroid dienone is 1. The Hall–Kier alpha value is -7.37. The second-order valence-corrected chi connectivity index (χ2v) is 34.8. The van der Waals surface area contributed by atoms with Gasteiger partial charge in [0.05, 0.1) is 38.8 Å². The summed E-state index contributed by atoms with van der Waals surface area (Å²) in [4.78, 5) is 82.6. The summed E-state index contributed by atoms with van der Waals surface area (Å²) >= 11 is 9.18. The molecule has 4 heterocycles. The predicted octanol–water partition coefficient (Wildman–Crippen LogP) is 12.5. The summed E-state index contributed by atoms with van der Waals surface area (Å²) in [6.45, 7) is 15.3. The first-order valence-corrected chi connectivity index (χ1v) is 41.3. The number of carbonyl (C=O) groups is 5. The number of nitrogens with zero attached hydrogens (tertiary/aromatic N) is 6. The lowest BCUT2D eigenvalue weighted by molar-refractivity contribution is -0.144. The van der Waals surface area contributed by atoms with Crippen molar-refractivity contribution in [3.63, 3.8) is 0 Å². The molecule has 0 bridgehead atoms. The highest BCUT2D eigenvalue weighted by atomic mass is 35.5. The number of sulfonamides is 1. The van der Waals surface area contributed by atoms with Gasteiger partial charge in [-0.3, -0.25) is 33.8 Å². The number of aliphatic hydroxyl groups is 1. The molecule has 5 N–H and O–H groups in total. The van der Waals surface area contributed by atoms with Gasteiger partial charge in [0.15, 0.2) is 0 Å². The van der Waals surface area contributed by atoms with Crippen LogP contribution in [0.15, 0.2) is 147 Å². The van der Waals surface area contributed by atoms with E-state index in [0.29, 0.717) is 82.6 Å². The molecule has 6 aromatic rings. The topological polar surface area (TPSA) is 251 Å². The highest BCUT2D eigenvalue weighted by Gasteiger charge is 2.49. The predicted molar refractivity (Wildman–Crippen MR) is 407 cm³/mol. The first-order valence-electron chi connectivity index (χ1n) is 36.1. The standard InChI is InChI=1S/C77H96ClF3N10O10S4/c1-52(54-22-24-56(25-23-54)71-53(2)82-51-103-71)83-74(96)67-46-62(92)49-91(67)75(97)72(76(3,4)5)85-69(93)20-14-9-15-21-70(94)90-44-38-87(39-45-90)37-36-60(50-102-63-17-11-8-12-18-63)84-66-35-34-64(47-68(66)104(98,99)77(79,80)81)105(100,101)86-73(95)57-28-32-61(33-29-57)89-42-40-88(41-43-89)48-58-16-10-6-7-13-19-65(58)55-26-30-59(78)31-27-55/h8,11-12,17-18,22-35,47,51-52,60,62,67,72,84,92H,6-7,9-10,13-16,19-21,36-46,48-50H2,1-5H3,(H,83,96)(H,85,93)(H,86,95)/b65-58-/t52-,60+,62+,67-,72+/m0/s1. The summed E-state index contributed by atoms with van der Waals surface area (Å²) < 4.78 is 100.